The summed E-state index contributed by atoms with van der Waals surface area (Å²) in [5, 5.41) is 6.17. The summed E-state index contributed by atoms with van der Waals surface area (Å²) in [7, 11) is 0. The van der Waals surface area contributed by atoms with E-state index in [1.807, 2.05) is 30.0 Å². The van der Waals surface area contributed by atoms with Gasteiger partial charge >= 0.3 is 0 Å². The van der Waals surface area contributed by atoms with E-state index in [-0.39, 0.29) is 23.8 Å². The summed E-state index contributed by atoms with van der Waals surface area (Å²) in [6.45, 7) is 4.42. The highest BCUT2D eigenvalue weighted by Gasteiger charge is 2.30. The van der Waals surface area contributed by atoms with Gasteiger partial charge in [-0.2, -0.15) is 0 Å². The molecule has 1 aromatic rings. The van der Waals surface area contributed by atoms with Crippen LogP contribution in [0.3, 0.4) is 0 Å². The molecule has 1 aliphatic heterocycles. The van der Waals surface area contributed by atoms with Gasteiger partial charge in [0.05, 0.1) is 0 Å². The maximum atomic E-state index is 12.6. The van der Waals surface area contributed by atoms with Crippen molar-refractivity contribution < 1.29 is 9.59 Å². The first-order chi connectivity index (χ1) is 10.1. The van der Waals surface area contributed by atoms with Gasteiger partial charge in [-0.1, -0.05) is 6.07 Å². The van der Waals surface area contributed by atoms with Crippen LogP contribution in [0.5, 0.6) is 0 Å². The lowest BCUT2D eigenvalue weighted by Crippen LogP contribution is -2.52. The summed E-state index contributed by atoms with van der Waals surface area (Å²) in [6, 6.07) is 7.43. The van der Waals surface area contributed by atoms with Crippen molar-refractivity contribution >= 4 is 17.5 Å². The van der Waals surface area contributed by atoms with Crippen molar-refractivity contribution in [3.05, 3.63) is 29.8 Å². The average Bonchev–Trinajstić information content (AvgIpc) is 3.32. The highest BCUT2D eigenvalue weighted by atomic mass is 16.2. The van der Waals surface area contributed by atoms with Gasteiger partial charge < -0.3 is 15.5 Å². The number of amides is 2. The molecule has 2 amide bonds. The molecule has 5 nitrogen and oxygen atoms in total. The maximum Gasteiger partial charge on any atom is 0.254 e. The van der Waals surface area contributed by atoms with Crippen LogP contribution >= 0.6 is 0 Å². The molecule has 21 heavy (non-hydrogen) atoms. The van der Waals surface area contributed by atoms with Crippen LogP contribution in [0.15, 0.2) is 24.3 Å². The topological polar surface area (TPSA) is 61.4 Å². The van der Waals surface area contributed by atoms with Crippen molar-refractivity contribution in [2.24, 2.45) is 5.92 Å². The molecular formula is C16H21N3O2. The monoisotopic (exact) mass is 287 g/mol. The summed E-state index contributed by atoms with van der Waals surface area (Å²) in [5.74, 6) is 0.263. The Balaban J connectivity index is 1.72. The Morgan fingerprint density at radius 3 is 2.86 bits per heavy atom. The molecule has 1 heterocycles. The Hall–Kier alpha value is -1.88. The minimum absolute atomic E-state index is 0.0338. The third kappa shape index (κ3) is 3.24. The molecule has 0 unspecified atom stereocenters. The number of carbonyl (C=O) groups is 2. The minimum atomic E-state index is 0.0338. The van der Waals surface area contributed by atoms with E-state index in [1.54, 1.807) is 6.07 Å². The van der Waals surface area contributed by atoms with Gasteiger partial charge in [0, 0.05) is 42.8 Å². The lowest BCUT2D eigenvalue weighted by Gasteiger charge is -2.34. The highest BCUT2D eigenvalue weighted by molar-refractivity contribution is 5.98. The van der Waals surface area contributed by atoms with E-state index in [0.29, 0.717) is 11.3 Å². The molecule has 112 valence electrons. The second-order valence-electron chi connectivity index (χ2n) is 5.90. The quantitative estimate of drug-likeness (QED) is 0.885. The van der Waals surface area contributed by atoms with Gasteiger partial charge in [-0.15, -0.1) is 0 Å². The maximum absolute atomic E-state index is 12.6. The largest absolute Gasteiger partial charge is 0.333 e. The van der Waals surface area contributed by atoms with Crippen molar-refractivity contribution in [3.8, 4) is 0 Å². The molecule has 0 radical (unpaired) electrons. The fourth-order valence-corrected chi connectivity index (χ4v) is 2.63. The molecule has 0 aromatic heterocycles. The standard InChI is InChI=1S/C16H21N3O2/c1-11-10-17-7-8-19(11)16(21)13-3-2-4-14(9-13)18-15(20)12-5-6-12/h2-4,9,11-12,17H,5-8,10H2,1H3,(H,18,20)/t11-/m1/s1. The third-order valence-electron chi connectivity index (χ3n) is 4.09. The molecule has 1 saturated heterocycles. The summed E-state index contributed by atoms with van der Waals surface area (Å²) < 4.78 is 0. The van der Waals surface area contributed by atoms with Crippen LogP contribution < -0.4 is 10.6 Å². The second kappa shape index (κ2) is 5.85. The third-order valence-corrected chi connectivity index (χ3v) is 4.09. The Labute approximate surface area is 124 Å². The molecule has 1 aromatic carbocycles. The van der Waals surface area contributed by atoms with Crippen molar-refractivity contribution in [3.63, 3.8) is 0 Å². The molecule has 0 bridgehead atoms. The number of hydrogen-bond acceptors (Lipinski definition) is 3. The predicted octanol–water partition coefficient (Wildman–Crippen LogP) is 1.47. The predicted molar refractivity (Wildman–Crippen MR) is 81.2 cm³/mol. The molecule has 2 fully saturated rings. The van der Waals surface area contributed by atoms with E-state index < -0.39 is 0 Å². The van der Waals surface area contributed by atoms with Crippen LogP contribution in [0.4, 0.5) is 5.69 Å². The number of rotatable bonds is 3. The number of carbonyl (C=O) groups excluding carboxylic acids is 2. The van der Waals surface area contributed by atoms with Gasteiger partial charge in [0.1, 0.15) is 0 Å². The molecule has 5 heteroatoms. The normalized spacial score (nSPS) is 22.0. The Bertz CT molecular complexity index is 554. The Morgan fingerprint density at radius 2 is 2.14 bits per heavy atom. The molecule has 1 aliphatic carbocycles. The molecule has 3 rings (SSSR count). The first kappa shape index (κ1) is 14.1. The molecule has 1 saturated carbocycles. The van der Waals surface area contributed by atoms with E-state index in [4.69, 9.17) is 0 Å². The number of piperazine rings is 1. The Morgan fingerprint density at radius 1 is 1.33 bits per heavy atom. The molecule has 2 N–H and O–H groups in total. The summed E-state index contributed by atoms with van der Waals surface area (Å²) in [4.78, 5) is 26.3. The molecule has 0 spiro atoms. The van der Waals surface area contributed by atoms with Crippen molar-refractivity contribution in [2.75, 3.05) is 25.0 Å². The Kier molecular flexibility index (Phi) is 3.92. The number of nitrogens with one attached hydrogen (secondary N) is 2. The molecule has 1 atom stereocenters. The summed E-state index contributed by atoms with van der Waals surface area (Å²) >= 11 is 0. The van der Waals surface area contributed by atoms with Gasteiger partial charge in [-0.3, -0.25) is 9.59 Å². The van der Waals surface area contributed by atoms with E-state index in [2.05, 4.69) is 10.6 Å². The average molecular weight is 287 g/mol. The van der Waals surface area contributed by atoms with Crippen LogP contribution in [-0.2, 0) is 4.79 Å². The van der Waals surface area contributed by atoms with Crippen molar-refractivity contribution in [2.45, 2.75) is 25.8 Å². The number of nitrogens with zero attached hydrogens (tertiary/aromatic N) is 1. The van der Waals surface area contributed by atoms with E-state index >= 15 is 0 Å². The zero-order valence-corrected chi connectivity index (χ0v) is 12.3. The lowest BCUT2D eigenvalue weighted by molar-refractivity contribution is -0.117. The minimum Gasteiger partial charge on any atom is -0.333 e. The smallest absolute Gasteiger partial charge is 0.254 e. The SMILES string of the molecule is C[C@@H]1CNCCN1C(=O)c1cccc(NC(=O)C2CC2)c1. The second-order valence-corrected chi connectivity index (χ2v) is 5.90. The summed E-state index contributed by atoms with van der Waals surface area (Å²) in [5.41, 5.74) is 1.35. The van der Waals surface area contributed by atoms with Crippen LogP contribution in [0.2, 0.25) is 0 Å². The van der Waals surface area contributed by atoms with Gasteiger partial charge in [0.15, 0.2) is 0 Å². The van der Waals surface area contributed by atoms with Crippen LogP contribution in [0, 0.1) is 5.92 Å². The first-order valence-electron chi connectivity index (χ1n) is 7.58. The first-order valence-corrected chi connectivity index (χ1v) is 7.58. The fourth-order valence-electron chi connectivity index (χ4n) is 2.63. The van der Waals surface area contributed by atoms with Gasteiger partial charge in [0.2, 0.25) is 5.91 Å². The number of hydrogen-bond donors (Lipinski definition) is 2. The van der Waals surface area contributed by atoms with E-state index in [9.17, 15) is 9.59 Å². The van der Waals surface area contributed by atoms with Crippen molar-refractivity contribution in [1.82, 2.24) is 10.2 Å². The summed E-state index contributed by atoms with van der Waals surface area (Å²) in [6.07, 6.45) is 1.95. The number of benzene rings is 1. The zero-order valence-electron chi connectivity index (χ0n) is 12.3. The van der Waals surface area contributed by atoms with Crippen LogP contribution in [0.25, 0.3) is 0 Å². The highest BCUT2D eigenvalue weighted by Crippen LogP contribution is 2.30. The van der Waals surface area contributed by atoms with Gasteiger partial charge in [-0.25, -0.2) is 0 Å². The van der Waals surface area contributed by atoms with E-state index in [0.717, 1.165) is 32.5 Å². The van der Waals surface area contributed by atoms with Crippen LogP contribution in [0.1, 0.15) is 30.1 Å². The molecular weight excluding hydrogens is 266 g/mol. The van der Waals surface area contributed by atoms with Gasteiger partial charge in [-0.05, 0) is 38.0 Å². The fraction of sp³-hybridized carbons (Fsp3) is 0.500. The van der Waals surface area contributed by atoms with E-state index in [1.165, 1.54) is 0 Å². The number of anilines is 1. The van der Waals surface area contributed by atoms with Gasteiger partial charge in [0.25, 0.3) is 5.91 Å². The van der Waals surface area contributed by atoms with Crippen molar-refractivity contribution in [1.29, 1.82) is 0 Å². The van der Waals surface area contributed by atoms with Crippen LogP contribution in [-0.4, -0.2) is 42.4 Å². The molecule has 2 aliphatic rings. The lowest BCUT2D eigenvalue weighted by atomic mass is 10.1. The zero-order chi connectivity index (χ0) is 14.8.